The van der Waals surface area contributed by atoms with Gasteiger partial charge in [0.2, 0.25) is 11.8 Å². The summed E-state index contributed by atoms with van der Waals surface area (Å²) < 4.78 is 34.2. The average Bonchev–Trinajstić information content (AvgIpc) is 2.70. The zero-order valence-corrected chi connectivity index (χ0v) is 16.8. The van der Waals surface area contributed by atoms with E-state index < -0.39 is 17.7 Å². The Hall–Kier alpha value is -4.12. The third-order valence-corrected chi connectivity index (χ3v) is 4.64. The van der Waals surface area contributed by atoms with Gasteiger partial charge in [0, 0.05) is 5.56 Å². The predicted octanol–water partition coefficient (Wildman–Crippen LogP) is 2.76. The number of halogens is 2. The summed E-state index contributed by atoms with van der Waals surface area (Å²) in [7, 11) is 0. The van der Waals surface area contributed by atoms with Crippen molar-refractivity contribution in [3.63, 3.8) is 0 Å². The minimum absolute atomic E-state index is 0.00279. The molecule has 0 amide bonds. The molecule has 0 saturated carbocycles. The van der Waals surface area contributed by atoms with Crippen molar-refractivity contribution in [1.29, 1.82) is 10.5 Å². The molecule has 1 atom stereocenters. The molecule has 0 aliphatic carbocycles. The van der Waals surface area contributed by atoms with E-state index in [9.17, 15) is 14.0 Å². The topological polar surface area (TPSA) is 158 Å². The maximum atomic E-state index is 14.4. The Labute approximate surface area is 177 Å². The first-order chi connectivity index (χ1) is 14.8. The maximum absolute atomic E-state index is 14.4. The van der Waals surface area contributed by atoms with Crippen molar-refractivity contribution in [2.45, 2.75) is 26.3 Å². The summed E-state index contributed by atoms with van der Waals surface area (Å²) in [5, 5.41) is 23.4. The van der Waals surface area contributed by atoms with Crippen LogP contribution < -0.4 is 26.8 Å². The van der Waals surface area contributed by atoms with Crippen molar-refractivity contribution in [2.75, 3.05) is 23.4 Å². The first-order valence-electron chi connectivity index (χ1n) is 9.37. The number of hydrogen-bond acceptors (Lipinski definition) is 9. The summed E-state index contributed by atoms with van der Waals surface area (Å²) in [6.07, 6.45) is 2.37. The average molecular weight is 426 g/mol. The van der Waals surface area contributed by atoms with Gasteiger partial charge in [0.15, 0.2) is 17.8 Å². The van der Waals surface area contributed by atoms with Gasteiger partial charge >= 0.3 is 0 Å². The molecule has 1 aromatic heterocycles. The maximum Gasteiger partial charge on any atom is 0.211 e. The van der Waals surface area contributed by atoms with Crippen molar-refractivity contribution in [1.82, 2.24) is 10.3 Å². The molecule has 0 saturated heterocycles. The van der Waals surface area contributed by atoms with Crippen LogP contribution in [0.3, 0.4) is 0 Å². The van der Waals surface area contributed by atoms with Crippen molar-refractivity contribution < 1.29 is 13.5 Å². The Morgan fingerprint density at radius 3 is 2.68 bits per heavy atom. The molecular weight excluding hydrogens is 406 g/mol. The van der Waals surface area contributed by atoms with Gasteiger partial charge in [-0.25, -0.2) is 14.4 Å². The second-order valence-electron chi connectivity index (χ2n) is 7.25. The molecule has 0 radical (unpaired) electrons. The number of nitrogens with two attached hydrogens (primary N) is 2. The second kappa shape index (κ2) is 8.71. The van der Waals surface area contributed by atoms with Crippen molar-refractivity contribution in [2.24, 2.45) is 10.9 Å². The van der Waals surface area contributed by atoms with E-state index in [1.807, 2.05) is 19.9 Å². The van der Waals surface area contributed by atoms with Gasteiger partial charge in [0.25, 0.3) is 0 Å². The van der Waals surface area contributed by atoms with Crippen LogP contribution in [0.4, 0.5) is 26.1 Å². The Bertz CT molecular complexity index is 1130. The third-order valence-electron chi connectivity index (χ3n) is 4.64. The fourth-order valence-electron chi connectivity index (χ4n) is 3.07. The van der Waals surface area contributed by atoms with Crippen LogP contribution in [-0.4, -0.2) is 17.6 Å². The van der Waals surface area contributed by atoms with Crippen molar-refractivity contribution in [3.8, 4) is 18.0 Å². The Balaban J connectivity index is 2.14. The van der Waals surface area contributed by atoms with Crippen LogP contribution >= 0.6 is 0 Å². The quantitative estimate of drug-likeness (QED) is 0.420. The monoisotopic (exact) mass is 426 g/mol. The standard InChI is InChI=1S/C20H20F2N8O/c1-9(2)3-4-31-13-6-10(5-12(21)15(13)22)17-14-16(25)11(7-23)18(26)29-19(14)30-20(28-17)27-8-24/h5-6,9,17H,3-4H2,1-2H3,(H6,25,26,27,28,29,30). The van der Waals surface area contributed by atoms with Gasteiger partial charge in [-0.1, -0.05) is 13.8 Å². The number of aliphatic imine (C=N–C) groups is 1. The van der Waals surface area contributed by atoms with Gasteiger partial charge in [-0.3, -0.25) is 5.32 Å². The molecule has 1 unspecified atom stereocenters. The van der Waals surface area contributed by atoms with Crippen molar-refractivity contribution >= 4 is 23.3 Å². The number of fused-ring (bicyclic) bond motifs is 1. The highest BCUT2D eigenvalue weighted by molar-refractivity contribution is 5.98. The lowest BCUT2D eigenvalue weighted by Gasteiger charge is -2.26. The van der Waals surface area contributed by atoms with Crippen LogP contribution in [0.15, 0.2) is 17.1 Å². The van der Waals surface area contributed by atoms with Crippen LogP contribution in [0, 0.1) is 40.3 Å². The van der Waals surface area contributed by atoms with Gasteiger partial charge < -0.3 is 21.5 Å². The van der Waals surface area contributed by atoms with Crippen LogP contribution in [0.25, 0.3) is 0 Å². The molecule has 6 N–H and O–H groups in total. The molecule has 0 bridgehead atoms. The minimum atomic E-state index is -1.13. The highest BCUT2D eigenvalue weighted by atomic mass is 19.2. The lowest BCUT2D eigenvalue weighted by molar-refractivity contribution is 0.272. The molecule has 2 aromatic rings. The molecule has 11 heteroatoms. The summed E-state index contributed by atoms with van der Waals surface area (Å²) >= 11 is 0. The number of ether oxygens (including phenoxy) is 1. The van der Waals surface area contributed by atoms with E-state index in [2.05, 4.69) is 20.6 Å². The summed E-state index contributed by atoms with van der Waals surface area (Å²) in [5.74, 6) is -2.19. The number of hydrogen-bond donors (Lipinski definition) is 4. The third kappa shape index (κ3) is 4.26. The molecule has 0 fully saturated rings. The molecule has 3 rings (SSSR count). The smallest absolute Gasteiger partial charge is 0.211 e. The number of nitriles is 2. The van der Waals surface area contributed by atoms with Crippen LogP contribution in [-0.2, 0) is 0 Å². The van der Waals surface area contributed by atoms with Crippen LogP contribution in [0.5, 0.6) is 5.75 Å². The fraction of sp³-hybridized carbons (Fsp3) is 0.300. The molecule has 1 aliphatic rings. The highest BCUT2D eigenvalue weighted by Gasteiger charge is 2.31. The summed E-state index contributed by atoms with van der Waals surface area (Å²) in [6, 6.07) is 3.14. The molecule has 0 spiro atoms. The first kappa shape index (κ1) is 21.6. The molecule has 160 valence electrons. The molecule has 1 aromatic carbocycles. The van der Waals surface area contributed by atoms with Crippen LogP contribution in [0.1, 0.15) is 43.0 Å². The van der Waals surface area contributed by atoms with E-state index in [0.717, 1.165) is 6.07 Å². The molecule has 2 heterocycles. The van der Waals surface area contributed by atoms with E-state index in [4.69, 9.17) is 21.5 Å². The number of benzene rings is 1. The summed E-state index contributed by atoms with van der Waals surface area (Å²) in [6.45, 7) is 4.16. The van der Waals surface area contributed by atoms with E-state index in [-0.39, 0.29) is 52.3 Å². The molecular formula is C20H20F2N8O. The Kier molecular flexibility index (Phi) is 6.07. The SMILES string of the molecule is CC(C)CCOc1cc(C2N=C(NC#N)Nc3nc(N)c(C#N)c(N)c32)cc(F)c1F. The molecule has 9 nitrogen and oxygen atoms in total. The number of nitrogens with zero attached hydrogens (tertiary/aromatic N) is 4. The molecule has 31 heavy (non-hydrogen) atoms. The fourth-order valence-corrected chi connectivity index (χ4v) is 3.07. The molecule has 1 aliphatic heterocycles. The van der Waals surface area contributed by atoms with Crippen molar-refractivity contribution in [3.05, 3.63) is 40.5 Å². The normalized spacial score (nSPS) is 14.7. The second-order valence-corrected chi connectivity index (χ2v) is 7.25. The summed E-state index contributed by atoms with van der Waals surface area (Å²) in [4.78, 5) is 8.45. The van der Waals surface area contributed by atoms with Gasteiger partial charge in [0.1, 0.15) is 29.3 Å². The van der Waals surface area contributed by atoms with Gasteiger partial charge in [0.05, 0.1) is 12.3 Å². The highest BCUT2D eigenvalue weighted by Crippen LogP contribution is 2.41. The number of pyridine rings is 1. The Morgan fingerprint density at radius 2 is 2.03 bits per heavy atom. The van der Waals surface area contributed by atoms with E-state index in [0.29, 0.717) is 12.3 Å². The van der Waals surface area contributed by atoms with E-state index >= 15 is 0 Å². The number of nitrogen functional groups attached to an aromatic ring is 2. The first-order valence-corrected chi connectivity index (χ1v) is 9.37. The lowest BCUT2D eigenvalue weighted by atomic mass is 9.95. The largest absolute Gasteiger partial charge is 0.490 e. The number of guanidine groups is 1. The zero-order valence-electron chi connectivity index (χ0n) is 16.8. The number of nitrogens with one attached hydrogen (secondary N) is 2. The summed E-state index contributed by atoms with van der Waals surface area (Å²) in [5.41, 5.74) is 12.3. The van der Waals surface area contributed by atoms with E-state index in [1.165, 1.54) is 6.07 Å². The predicted molar refractivity (Wildman–Crippen MR) is 111 cm³/mol. The Morgan fingerprint density at radius 1 is 1.29 bits per heavy atom. The van der Waals surface area contributed by atoms with E-state index in [1.54, 1.807) is 6.19 Å². The number of rotatable bonds is 5. The number of anilines is 3. The van der Waals surface area contributed by atoms with Crippen LogP contribution in [0.2, 0.25) is 0 Å². The van der Waals surface area contributed by atoms with Gasteiger partial charge in [-0.15, -0.1) is 0 Å². The van der Waals surface area contributed by atoms with Gasteiger partial charge in [-0.2, -0.15) is 14.9 Å². The van der Waals surface area contributed by atoms with Gasteiger partial charge in [-0.05, 0) is 30.0 Å². The number of aromatic nitrogens is 1. The lowest BCUT2D eigenvalue weighted by Crippen LogP contribution is -2.32. The minimum Gasteiger partial charge on any atom is -0.490 e. The zero-order chi connectivity index (χ0) is 22.7.